The minimum absolute atomic E-state index is 0.308. The van der Waals surface area contributed by atoms with E-state index >= 15 is 0 Å². The van der Waals surface area contributed by atoms with Gasteiger partial charge in [0.1, 0.15) is 0 Å². The molecule has 0 atom stereocenters. The van der Waals surface area contributed by atoms with Gasteiger partial charge in [0.15, 0.2) is 0 Å². The molecule has 9 heteroatoms. The van der Waals surface area contributed by atoms with Gasteiger partial charge in [-0.2, -0.15) is 0 Å². The summed E-state index contributed by atoms with van der Waals surface area (Å²) in [5.41, 5.74) is 0. The molecule has 0 aromatic heterocycles. The fourth-order valence-electron chi connectivity index (χ4n) is 4.15. The summed E-state index contributed by atoms with van der Waals surface area (Å²) in [6.07, 6.45) is 15.7. The number of hydrogen-bond acceptors (Lipinski definition) is 0. The highest BCUT2D eigenvalue weighted by atomic mass is 14.3. The van der Waals surface area contributed by atoms with Crippen LogP contribution in [0.15, 0.2) is 0 Å². The molecule has 0 amide bonds. The maximum absolute atomic E-state index is 2.51. The zero-order valence-corrected chi connectivity index (χ0v) is 19.8. The molecule has 0 saturated heterocycles. The lowest BCUT2D eigenvalue weighted by atomic mass is 9.08. The molecule has 0 aliphatic carbocycles. The molecular formula is C16H43B9. The minimum atomic E-state index is 0.308. The lowest BCUT2D eigenvalue weighted by Crippen LogP contribution is -2.50. The van der Waals surface area contributed by atoms with Crippen LogP contribution in [0.5, 0.6) is 0 Å². The van der Waals surface area contributed by atoms with Crippen LogP contribution in [0.2, 0.25) is 20.8 Å². The molecule has 0 aliphatic heterocycles. The maximum Gasteiger partial charge on any atom is 0.0980 e. The Kier molecular flexibility index (Phi) is 11.1. The van der Waals surface area contributed by atoms with Crippen molar-refractivity contribution in [2.45, 2.75) is 98.3 Å². The van der Waals surface area contributed by atoms with E-state index in [-0.39, 0.29) is 0 Å². The normalized spacial score (nSPS) is 13.8. The van der Waals surface area contributed by atoms with E-state index < -0.39 is 0 Å². The molecule has 0 bridgehead atoms. The smallest absolute Gasteiger partial charge is 0.0980 e. The Bertz CT molecular complexity index is 361. The van der Waals surface area contributed by atoms with E-state index in [0.29, 0.717) is 20.8 Å². The summed E-state index contributed by atoms with van der Waals surface area (Å²) in [5.74, 6) is 0. The van der Waals surface area contributed by atoms with Gasteiger partial charge in [-0.15, -0.1) is 15.5 Å². The summed E-state index contributed by atoms with van der Waals surface area (Å²) in [6, 6.07) is 0. The third-order valence-electron chi connectivity index (χ3n) is 8.28. The zero-order chi connectivity index (χ0) is 19.8. The Morgan fingerprint density at radius 3 is 1.20 bits per heavy atom. The Morgan fingerprint density at radius 2 is 0.840 bits per heavy atom. The fourth-order valence-corrected chi connectivity index (χ4v) is 4.15. The highest BCUT2D eigenvalue weighted by molar-refractivity contribution is 6.72. The molecule has 0 heterocycles. The molecule has 0 rings (SSSR count). The number of unbranched alkanes of at least 4 members (excludes halogenated alkanes) is 9. The standard InChI is InChI=1S/C16H43B9/c1-2-3-4-5-6-7-8-9-10-11-12-13(17,18)14(19,20)15(21,22)16(23,24)25/h2-12,17-25H2,1H3. The first kappa shape index (κ1) is 25.6. The van der Waals surface area contributed by atoms with E-state index in [9.17, 15) is 0 Å². The van der Waals surface area contributed by atoms with Crippen molar-refractivity contribution >= 4 is 70.6 Å². The largest absolute Gasteiger partial charge is 0.121 e. The summed E-state index contributed by atoms with van der Waals surface area (Å²) in [6.45, 7) is 2.30. The van der Waals surface area contributed by atoms with E-state index in [1.807, 2.05) is 0 Å². The van der Waals surface area contributed by atoms with Crippen LogP contribution in [-0.2, 0) is 0 Å². The van der Waals surface area contributed by atoms with Gasteiger partial charge in [0.2, 0.25) is 0 Å². The van der Waals surface area contributed by atoms with Crippen molar-refractivity contribution in [1.82, 2.24) is 0 Å². The second-order valence-corrected chi connectivity index (χ2v) is 11.3. The van der Waals surface area contributed by atoms with Crippen LogP contribution in [0.25, 0.3) is 0 Å². The van der Waals surface area contributed by atoms with Crippen molar-refractivity contribution in [1.29, 1.82) is 0 Å². The molecule has 0 spiro atoms. The molecule has 0 nitrogen and oxygen atoms in total. The number of rotatable bonds is 14. The molecule has 0 N–H and O–H groups in total. The van der Waals surface area contributed by atoms with E-state index in [1.165, 1.54) is 70.6 Å². The molecule has 0 aromatic rings. The average Bonchev–Trinajstić information content (AvgIpc) is 2.47. The van der Waals surface area contributed by atoms with Crippen molar-refractivity contribution in [2.75, 3.05) is 0 Å². The van der Waals surface area contributed by atoms with Crippen molar-refractivity contribution in [2.24, 2.45) is 0 Å². The molecule has 0 radical (unpaired) electrons. The summed E-state index contributed by atoms with van der Waals surface area (Å²) in [7, 11) is 22.2. The molecule has 25 heavy (non-hydrogen) atoms. The molecule has 134 valence electrons. The van der Waals surface area contributed by atoms with E-state index in [1.54, 1.807) is 0 Å². The van der Waals surface area contributed by atoms with Crippen molar-refractivity contribution in [3.05, 3.63) is 0 Å². The summed E-state index contributed by atoms with van der Waals surface area (Å²) in [4.78, 5) is 0. The van der Waals surface area contributed by atoms with Crippen molar-refractivity contribution in [3.63, 3.8) is 0 Å². The second-order valence-electron chi connectivity index (χ2n) is 11.3. The lowest BCUT2D eigenvalue weighted by molar-refractivity contribution is 0.481. The van der Waals surface area contributed by atoms with Crippen LogP contribution in [0.4, 0.5) is 0 Å². The Balaban J connectivity index is 4.20. The monoisotopic (exact) mass is 334 g/mol. The fraction of sp³-hybridized carbons (Fsp3) is 1.00. The first-order chi connectivity index (χ1) is 11.3. The van der Waals surface area contributed by atoms with Gasteiger partial charge in [-0.05, 0) is 0 Å². The van der Waals surface area contributed by atoms with Crippen LogP contribution >= 0.6 is 0 Å². The van der Waals surface area contributed by atoms with Crippen LogP contribution in [-0.4, -0.2) is 70.6 Å². The summed E-state index contributed by atoms with van der Waals surface area (Å²) >= 11 is 0. The molecule has 0 aliphatic rings. The SMILES string of the molecule is BC(B)(B)C(B)(B)C(B)(B)C(B)(B)CCCCCCCCCCCC. The summed E-state index contributed by atoms with van der Waals surface area (Å²) < 4.78 is 0. The highest BCUT2D eigenvalue weighted by Gasteiger charge is 2.50. The molecule has 0 fully saturated rings. The van der Waals surface area contributed by atoms with Crippen LogP contribution < -0.4 is 0 Å². The Labute approximate surface area is 169 Å². The molecular weight excluding hydrogens is 289 g/mol. The van der Waals surface area contributed by atoms with Gasteiger partial charge in [0, 0.05) is 0 Å². The third-order valence-corrected chi connectivity index (χ3v) is 8.28. The molecule has 0 unspecified atom stereocenters. The minimum Gasteiger partial charge on any atom is -0.121 e. The highest BCUT2D eigenvalue weighted by Crippen LogP contribution is 2.64. The van der Waals surface area contributed by atoms with Gasteiger partial charge in [-0.3, -0.25) is 0 Å². The molecule has 0 saturated carbocycles. The molecule has 0 aromatic carbocycles. The quantitative estimate of drug-likeness (QED) is 0.242. The van der Waals surface area contributed by atoms with Gasteiger partial charge in [-0.25, -0.2) is 0 Å². The Hall–Kier alpha value is 0.584. The maximum atomic E-state index is 2.51. The van der Waals surface area contributed by atoms with Gasteiger partial charge in [0.25, 0.3) is 0 Å². The van der Waals surface area contributed by atoms with Crippen LogP contribution in [0.1, 0.15) is 77.6 Å². The number of hydrogen-bond donors (Lipinski definition) is 0. The average molecular weight is 333 g/mol. The van der Waals surface area contributed by atoms with E-state index in [4.69, 9.17) is 0 Å². The predicted octanol–water partition coefficient (Wildman–Crippen LogP) is -2.58. The first-order valence-electron chi connectivity index (χ1n) is 11.3. The van der Waals surface area contributed by atoms with Gasteiger partial charge in [-0.1, -0.05) is 82.8 Å². The first-order valence-corrected chi connectivity index (χ1v) is 11.3. The summed E-state index contributed by atoms with van der Waals surface area (Å²) in [5, 5.41) is 1.33. The zero-order valence-electron chi connectivity index (χ0n) is 19.8. The van der Waals surface area contributed by atoms with Crippen LogP contribution in [0.3, 0.4) is 0 Å². The van der Waals surface area contributed by atoms with Gasteiger partial charge >= 0.3 is 0 Å². The van der Waals surface area contributed by atoms with E-state index in [0.717, 1.165) is 0 Å². The third kappa shape index (κ3) is 7.61. The predicted molar refractivity (Wildman–Crippen MR) is 144 cm³/mol. The van der Waals surface area contributed by atoms with Crippen molar-refractivity contribution in [3.8, 4) is 0 Å². The van der Waals surface area contributed by atoms with Gasteiger partial charge in [0.05, 0.1) is 70.6 Å². The van der Waals surface area contributed by atoms with E-state index in [2.05, 4.69) is 77.5 Å². The lowest BCUT2D eigenvalue weighted by Gasteiger charge is -2.60. The topological polar surface area (TPSA) is 0 Å². The van der Waals surface area contributed by atoms with Crippen LogP contribution in [0, 0.1) is 0 Å². The van der Waals surface area contributed by atoms with Crippen molar-refractivity contribution < 1.29 is 0 Å². The van der Waals surface area contributed by atoms with Gasteiger partial charge < -0.3 is 0 Å². The second kappa shape index (κ2) is 10.8. The Morgan fingerprint density at radius 1 is 0.480 bits per heavy atom.